The summed E-state index contributed by atoms with van der Waals surface area (Å²) in [6, 6.07) is 4.01. The normalized spacial score (nSPS) is 10.7. The Morgan fingerprint density at radius 2 is 2.17 bits per heavy atom. The molecular formula is C12H10ClFN2O2. The molecule has 0 aliphatic heterocycles. The lowest BCUT2D eigenvalue weighted by Gasteiger charge is -2.02. The molecule has 6 heteroatoms. The Bertz CT molecular complexity index is 637. The Hall–Kier alpha value is -1.88. The molecule has 0 radical (unpaired) electrons. The Morgan fingerprint density at radius 3 is 2.72 bits per heavy atom. The molecule has 18 heavy (non-hydrogen) atoms. The summed E-state index contributed by atoms with van der Waals surface area (Å²) in [4.78, 5) is 15.4. The molecule has 1 heterocycles. The van der Waals surface area contributed by atoms with Crippen LogP contribution < -0.4 is 0 Å². The number of aromatic nitrogens is 2. The summed E-state index contributed by atoms with van der Waals surface area (Å²) in [5, 5.41) is 9.11. The van der Waals surface area contributed by atoms with E-state index >= 15 is 0 Å². The molecule has 0 fully saturated rings. The standard InChI is InChI=1S/C12H10ClFN2O2/c1-6-15-10(11(12(17)18)16(6)2)7-3-4-9(14)8(13)5-7/h3-5H,1-2H3,(H,17,18). The second-order valence-electron chi connectivity index (χ2n) is 3.85. The summed E-state index contributed by atoms with van der Waals surface area (Å²) in [5.41, 5.74) is 0.807. The van der Waals surface area contributed by atoms with Gasteiger partial charge in [0.1, 0.15) is 17.3 Å². The highest BCUT2D eigenvalue weighted by Crippen LogP contribution is 2.27. The average Bonchev–Trinajstić information content (AvgIpc) is 2.59. The number of aromatic carboxylic acids is 1. The van der Waals surface area contributed by atoms with E-state index in [1.54, 1.807) is 14.0 Å². The number of halogens is 2. The number of aryl methyl sites for hydroxylation is 1. The fourth-order valence-corrected chi connectivity index (χ4v) is 1.88. The van der Waals surface area contributed by atoms with Crippen LogP contribution in [0.4, 0.5) is 4.39 Å². The molecule has 0 amide bonds. The molecule has 94 valence electrons. The molecule has 2 aromatic rings. The highest BCUT2D eigenvalue weighted by Gasteiger charge is 2.20. The van der Waals surface area contributed by atoms with E-state index in [0.29, 0.717) is 11.4 Å². The van der Waals surface area contributed by atoms with Crippen molar-refractivity contribution in [3.8, 4) is 11.3 Å². The molecule has 0 spiro atoms. The SMILES string of the molecule is Cc1nc(-c2ccc(F)c(Cl)c2)c(C(=O)O)n1C. The number of carbonyl (C=O) groups is 1. The van der Waals surface area contributed by atoms with Crippen LogP contribution in [0.3, 0.4) is 0 Å². The first-order chi connectivity index (χ1) is 8.41. The lowest BCUT2D eigenvalue weighted by Crippen LogP contribution is -2.06. The molecule has 1 aromatic carbocycles. The molecular weight excluding hydrogens is 259 g/mol. The van der Waals surface area contributed by atoms with Crippen molar-refractivity contribution < 1.29 is 14.3 Å². The maximum atomic E-state index is 13.1. The number of imidazole rings is 1. The van der Waals surface area contributed by atoms with E-state index in [-0.39, 0.29) is 16.4 Å². The van der Waals surface area contributed by atoms with Crippen LogP contribution in [0, 0.1) is 12.7 Å². The molecule has 0 atom stereocenters. The number of carboxylic acids is 1. The largest absolute Gasteiger partial charge is 0.477 e. The second kappa shape index (κ2) is 4.42. The van der Waals surface area contributed by atoms with Gasteiger partial charge < -0.3 is 9.67 Å². The zero-order chi connectivity index (χ0) is 13.4. The van der Waals surface area contributed by atoms with Crippen molar-refractivity contribution in [2.24, 2.45) is 7.05 Å². The van der Waals surface area contributed by atoms with E-state index in [2.05, 4.69) is 4.98 Å². The maximum Gasteiger partial charge on any atom is 0.354 e. The van der Waals surface area contributed by atoms with Crippen LogP contribution in [0.25, 0.3) is 11.3 Å². The lowest BCUT2D eigenvalue weighted by molar-refractivity contribution is 0.0687. The molecule has 1 N–H and O–H groups in total. The molecule has 0 aliphatic rings. The van der Waals surface area contributed by atoms with Crippen LogP contribution in [-0.2, 0) is 7.05 Å². The van der Waals surface area contributed by atoms with E-state index in [0.717, 1.165) is 0 Å². The quantitative estimate of drug-likeness (QED) is 0.911. The zero-order valence-electron chi connectivity index (χ0n) is 9.74. The van der Waals surface area contributed by atoms with Gasteiger partial charge in [0.15, 0.2) is 5.69 Å². The van der Waals surface area contributed by atoms with E-state index in [1.165, 1.54) is 22.8 Å². The summed E-state index contributed by atoms with van der Waals surface area (Å²) in [5.74, 6) is -1.08. The summed E-state index contributed by atoms with van der Waals surface area (Å²) in [7, 11) is 1.61. The minimum atomic E-state index is -1.09. The summed E-state index contributed by atoms with van der Waals surface area (Å²) in [6.45, 7) is 1.70. The summed E-state index contributed by atoms with van der Waals surface area (Å²) in [6.07, 6.45) is 0. The number of nitrogens with zero attached hydrogens (tertiary/aromatic N) is 2. The van der Waals surface area contributed by atoms with Crippen molar-refractivity contribution in [3.05, 3.63) is 40.6 Å². The van der Waals surface area contributed by atoms with Gasteiger partial charge in [-0.2, -0.15) is 0 Å². The predicted octanol–water partition coefficient (Wildman–Crippen LogP) is 2.89. The van der Waals surface area contributed by atoms with E-state index in [4.69, 9.17) is 11.6 Å². The lowest BCUT2D eigenvalue weighted by atomic mass is 10.1. The van der Waals surface area contributed by atoms with Crippen LogP contribution in [-0.4, -0.2) is 20.6 Å². The number of benzene rings is 1. The smallest absolute Gasteiger partial charge is 0.354 e. The van der Waals surface area contributed by atoms with E-state index < -0.39 is 11.8 Å². The molecule has 0 saturated carbocycles. The Morgan fingerprint density at radius 1 is 1.50 bits per heavy atom. The van der Waals surface area contributed by atoms with Gasteiger partial charge in [0.2, 0.25) is 0 Å². The first-order valence-corrected chi connectivity index (χ1v) is 5.51. The maximum absolute atomic E-state index is 13.1. The van der Waals surface area contributed by atoms with Crippen LogP contribution in [0.1, 0.15) is 16.3 Å². The van der Waals surface area contributed by atoms with Gasteiger partial charge in [-0.05, 0) is 25.1 Å². The Labute approximate surface area is 108 Å². The first kappa shape index (κ1) is 12.6. The Kier molecular flexibility index (Phi) is 3.09. The van der Waals surface area contributed by atoms with Gasteiger partial charge in [-0.3, -0.25) is 0 Å². The highest BCUT2D eigenvalue weighted by atomic mass is 35.5. The van der Waals surface area contributed by atoms with Crippen LogP contribution in [0.5, 0.6) is 0 Å². The summed E-state index contributed by atoms with van der Waals surface area (Å²) < 4.78 is 14.6. The van der Waals surface area contributed by atoms with Gasteiger partial charge in [0.25, 0.3) is 0 Å². The van der Waals surface area contributed by atoms with Crippen LogP contribution in [0.2, 0.25) is 5.02 Å². The highest BCUT2D eigenvalue weighted by molar-refractivity contribution is 6.31. The van der Waals surface area contributed by atoms with Gasteiger partial charge in [0.05, 0.1) is 5.02 Å². The van der Waals surface area contributed by atoms with Crippen molar-refractivity contribution in [3.63, 3.8) is 0 Å². The van der Waals surface area contributed by atoms with Crippen LogP contribution >= 0.6 is 11.6 Å². The second-order valence-corrected chi connectivity index (χ2v) is 4.26. The van der Waals surface area contributed by atoms with Gasteiger partial charge >= 0.3 is 5.97 Å². The molecule has 0 unspecified atom stereocenters. The van der Waals surface area contributed by atoms with Gasteiger partial charge in [0, 0.05) is 12.6 Å². The van der Waals surface area contributed by atoms with Crippen molar-refractivity contribution in [1.29, 1.82) is 0 Å². The van der Waals surface area contributed by atoms with Crippen molar-refractivity contribution in [2.75, 3.05) is 0 Å². The number of hydrogen-bond donors (Lipinski definition) is 1. The van der Waals surface area contributed by atoms with E-state index in [9.17, 15) is 14.3 Å². The fraction of sp³-hybridized carbons (Fsp3) is 0.167. The molecule has 0 aliphatic carbocycles. The number of carboxylic acid groups (broad SMARTS) is 1. The van der Waals surface area contributed by atoms with Crippen LogP contribution in [0.15, 0.2) is 18.2 Å². The van der Waals surface area contributed by atoms with E-state index in [1.807, 2.05) is 0 Å². The van der Waals surface area contributed by atoms with Crippen molar-refractivity contribution in [2.45, 2.75) is 6.92 Å². The van der Waals surface area contributed by atoms with Gasteiger partial charge in [-0.25, -0.2) is 14.2 Å². The number of rotatable bonds is 2. The monoisotopic (exact) mass is 268 g/mol. The average molecular weight is 269 g/mol. The molecule has 2 rings (SSSR count). The minimum absolute atomic E-state index is 0.0511. The molecule has 0 saturated heterocycles. The molecule has 0 bridgehead atoms. The van der Waals surface area contributed by atoms with Crippen molar-refractivity contribution >= 4 is 17.6 Å². The predicted molar refractivity (Wildman–Crippen MR) is 65.3 cm³/mol. The first-order valence-electron chi connectivity index (χ1n) is 5.14. The summed E-state index contributed by atoms with van der Waals surface area (Å²) >= 11 is 5.69. The number of hydrogen-bond acceptors (Lipinski definition) is 2. The third-order valence-electron chi connectivity index (χ3n) is 2.71. The van der Waals surface area contributed by atoms with Crippen molar-refractivity contribution in [1.82, 2.24) is 9.55 Å². The third kappa shape index (κ3) is 1.97. The molecule has 4 nitrogen and oxygen atoms in total. The van der Waals surface area contributed by atoms with Gasteiger partial charge in [-0.15, -0.1) is 0 Å². The third-order valence-corrected chi connectivity index (χ3v) is 3.00. The topological polar surface area (TPSA) is 55.1 Å². The fourth-order valence-electron chi connectivity index (χ4n) is 1.70. The Balaban J connectivity index is 2.67. The molecule has 1 aromatic heterocycles. The zero-order valence-corrected chi connectivity index (χ0v) is 10.5. The minimum Gasteiger partial charge on any atom is -0.477 e. The van der Waals surface area contributed by atoms with Gasteiger partial charge in [-0.1, -0.05) is 11.6 Å².